The van der Waals surface area contributed by atoms with E-state index in [4.69, 9.17) is 0 Å². The van der Waals surface area contributed by atoms with Crippen LogP contribution in [0, 0.1) is 10.1 Å². The van der Waals surface area contributed by atoms with Crippen LogP contribution >= 0.6 is 15.9 Å². The maximum atomic E-state index is 10.6. The van der Waals surface area contributed by atoms with E-state index in [1.165, 1.54) is 0 Å². The average molecular weight is 230 g/mol. The van der Waals surface area contributed by atoms with Gasteiger partial charge < -0.3 is 0 Å². The van der Waals surface area contributed by atoms with Gasteiger partial charge in [-0.25, -0.2) is 0 Å². The third-order valence-electron chi connectivity index (χ3n) is 1.63. The molecule has 64 valence electrons. The molecule has 4 heteroatoms. The fraction of sp³-hybridized carbons (Fsp3) is 0.250. The Morgan fingerprint density at radius 3 is 2.67 bits per heavy atom. The second-order valence-corrected chi connectivity index (χ2v) is 3.21. The molecule has 0 spiro atoms. The topological polar surface area (TPSA) is 43.1 Å². The van der Waals surface area contributed by atoms with E-state index >= 15 is 0 Å². The molecule has 0 aromatic heterocycles. The molecule has 0 N–H and O–H groups in total. The fourth-order valence-electron chi connectivity index (χ4n) is 1.05. The molecule has 0 atom stereocenters. The first-order valence-corrected chi connectivity index (χ1v) is 4.38. The molecule has 0 radical (unpaired) electrons. The summed E-state index contributed by atoms with van der Waals surface area (Å²) in [4.78, 5) is 10.2. The van der Waals surface area contributed by atoms with Crippen molar-refractivity contribution in [2.45, 2.75) is 13.3 Å². The zero-order chi connectivity index (χ0) is 9.14. The van der Waals surface area contributed by atoms with Crippen LogP contribution in [-0.4, -0.2) is 4.92 Å². The standard InChI is InChI=1S/C8H8BrNO2/c1-2-6-4-3-5-7(9)8(6)10(11)12/h3-5H,2H2,1H3. The number of hydrogen-bond donors (Lipinski definition) is 0. The van der Waals surface area contributed by atoms with Crippen molar-refractivity contribution in [3.8, 4) is 0 Å². The van der Waals surface area contributed by atoms with E-state index in [2.05, 4.69) is 15.9 Å². The Balaban J connectivity index is 3.29. The number of aryl methyl sites for hydroxylation is 1. The second-order valence-electron chi connectivity index (χ2n) is 2.36. The molecule has 0 aliphatic rings. The number of halogens is 1. The summed E-state index contributed by atoms with van der Waals surface area (Å²) in [6.45, 7) is 1.90. The molecular formula is C8H8BrNO2. The zero-order valence-corrected chi connectivity index (χ0v) is 8.17. The van der Waals surface area contributed by atoms with Crippen molar-refractivity contribution in [3.05, 3.63) is 38.3 Å². The Bertz CT molecular complexity index is 312. The number of benzene rings is 1. The number of nitrogens with zero attached hydrogens (tertiary/aromatic N) is 1. The van der Waals surface area contributed by atoms with Gasteiger partial charge in [-0.1, -0.05) is 19.1 Å². The van der Waals surface area contributed by atoms with Gasteiger partial charge in [0.05, 0.1) is 9.40 Å². The Morgan fingerprint density at radius 2 is 2.25 bits per heavy atom. The summed E-state index contributed by atoms with van der Waals surface area (Å²) in [5.74, 6) is 0. The Labute approximate surface area is 78.7 Å². The van der Waals surface area contributed by atoms with E-state index in [9.17, 15) is 10.1 Å². The highest BCUT2D eigenvalue weighted by atomic mass is 79.9. The van der Waals surface area contributed by atoms with Crippen molar-refractivity contribution in [2.24, 2.45) is 0 Å². The van der Waals surface area contributed by atoms with Gasteiger partial charge in [-0.2, -0.15) is 0 Å². The molecule has 0 heterocycles. The molecule has 1 rings (SSSR count). The lowest BCUT2D eigenvalue weighted by atomic mass is 10.1. The van der Waals surface area contributed by atoms with Crippen molar-refractivity contribution >= 4 is 21.6 Å². The summed E-state index contributed by atoms with van der Waals surface area (Å²) in [5.41, 5.74) is 0.939. The van der Waals surface area contributed by atoms with Gasteiger partial charge in [0.2, 0.25) is 0 Å². The van der Waals surface area contributed by atoms with Crippen LogP contribution in [0.25, 0.3) is 0 Å². The maximum Gasteiger partial charge on any atom is 0.286 e. The smallest absolute Gasteiger partial charge is 0.258 e. The highest BCUT2D eigenvalue weighted by molar-refractivity contribution is 9.10. The van der Waals surface area contributed by atoms with Gasteiger partial charge in [-0.05, 0) is 28.4 Å². The van der Waals surface area contributed by atoms with Crippen molar-refractivity contribution in [1.82, 2.24) is 0 Å². The molecule has 0 bridgehead atoms. The van der Waals surface area contributed by atoms with Gasteiger partial charge in [-0.3, -0.25) is 10.1 Å². The monoisotopic (exact) mass is 229 g/mol. The molecule has 1 aromatic carbocycles. The maximum absolute atomic E-state index is 10.6. The minimum atomic E-state index is -0.358. The zero-order valence-electron chi connectivity index (χ0n) is 6.58. The van der Waals surface area contributed by atoms with Gasteiger partial charge in [0.15, 0.2) is 0 Å². The minimum absolute atomic E-state index is 0.181. The van der Waals surface area contributed by atoms with E-state index in [-0.39, 0.29) is 10.6 Å². The number of rotatable bonds is 2. The number of nitro groups is 1. The average Bonchev–Trinajstić information content (AvgIpc) is 2.03. The SMILES string of the molecule is CCc1cccc(Br)c1[N+](=O)[O-]. The van der Waals surface area contributed by atoms with E-state index < -0.39 is 0 Å². The van der Waals surface area contributed by atoms with Gasteiger partial charge >= 0.3 is 0 Å². The van der Waals surface area contributed by atoms with Crippen LogP contribution in [-0.2, 0) is 6.42 Å². The summed E-state index contributed by atoms with van der Waals surface area (Å²) in [5, 5.41) is 10.6. The number of para-hydroxylation sites is 1. The first-order valence-electron chi connectivity index (χ1n) is 3.58. The lowest BCUT2D eigenvalue weighted by Gasteiger charge is -2.00. The van der Waals surface area contributed by atoms with Gasteiger partial charge in [0.25, 0.3) is 5.69 Å². The van der Waals surface area contributed by atoms with Crippen LogP contribution in [0.5, 0.6) is 0 Å². The quantitative estimate of drug-likeness (QED) is 0.579. The van der Waals surface area contributed by atoms with Crippen molar-refractivity contribution in [1.29, 1.82) is 0 Å². The van der Waals surface area contributed by atoms with Crippen LogP contribution < -0.4 is 0 Å². The first-order chi connectivity index (χ1) is 5.66. The van der Waals surface area contributed by atoms with Crippen LogP contribution in [0.2, 0.25) is 0 Å². The first kappa shape index (κ1) is 9.19. The van der Waals surface area contributed by atoms with Gasteiger partial charge in [0.1, 0.15) is 0 Å². The van der Waals surface area contributed by atoms with E-state index in [0.29, 0.717) is 10.9 Å². The number of nitro benzene ring substituents is 1. The largest absolute Gasteiger partial charge is 0.286 e. The van der Waals surface area contributed by atoms with Crippen LogP contribution in [0.4, 0.5) is 5.69 Å². The van der Waals surface area contributed by atoms with Crippen LogP contribution in [0.3, 0.4) is 0 Å². The molecule has 0 amide bonds. The molecule has 3 nitrogen and oxygen atoms in total. The molecule has 0 aliphatic heterocycles. The van der Waals surface area contributed by atoms with Crippen molar-refractivity contribution in [2.75, 3.05) is 0 Å². The highest BCUT2D eigenvalue weighted by Crippen LogP contribution is 2.28. The highest BCUT2D eigenvalue weighted by Gasteiger charge is 2.15. The molecule has 0 saturated heterocycles. The van der Waals surface area contributed by atoms with Gasteiger partial charge in [-0.15, -0.1) is 0 Å². The molecule has 0 unspecified atom stereocenters. The summed E-state index contributed by atoms with van der Waals surface area (Å²) >= 11 is 3.15. The molecule has 0 saturated carbocycles. The van der Waals surface area contributed by atoms with E-state index in [1.807, 2.05) is 6.92 Å². The Hall–Kier alpha value is -0.900. The van der Waals surface area contributed by atoms with Crippen molar-refractivity contribution in [3.63, 3.8) is 0 Å². The predicted molar refractivity (Wildman–Crippen MR) is 50.2 cm³/mol. The molecule has 12 heavy (non-hydrogen) atoms. The second kappa shape index (κ2) is 3.67. The van der Waals surface area contributed by atoms with Crippen LogP contribution in [0.15, 0.2) is 22.7 Å². The normalized spacial score (nSPS) is 9.83. The summed E-state index contributed by atoms with van der Waals surface area (Å²) < 4.78 is 0.548. The Kier molecular flexibility index (Phi) is 2.81. The van der Waals surface area contributed by atoms with Gasteiger partial charge in [0, 0.05) is 5.56 Å². The summed E-state index contributed by atoms with van der Waals surface area (Å²) in [7, 11) is 0. The molecule has 0 aliphatic carbocycles. The Morgan fingerprint density at radius 1 is 1.58 bits per heavy atom. The fourth-order valence-corrected chi connectivity index (χ4v) is 1.60. The van der Waals surface area contributed by atoms with Crippen molar-refractivity contribution < 1.29 is 4.92 Å². The predicted octanol–water partition coefficient (Wildman–Crippen LogP) is 2.92. The summed E-state index contributed by atoms with van der Waals surface area (Å²) in [6.07, 6.45) is 0.676. The lowest BCUT2D eigenvalue weighted by Crippen LogP contribution is -1.94. The third-order valence-corrected chi connectivity index (χ3v) is 2.27. The lowest BCUT2D eigenvalue weighted by molar-refractivity contribution is -0.386. The third kappa shape index (κ3) is 1.64. The minimum Gasteiger partial charge on any atom is -0.258 e. The molecular weight excluding hydrogens is 222 g/mol. The van der Waals surface area contributed by atoms with E-state index in [1.54, 1.807) is 18.2 Å². The molecule has 0 fully saturated rings. The number of hydrogen-bond acceptors (Lipinski definition) is 2. The van der Waals surface area contributed by atoms with E-state index in [0.717, 1.165) is 5.56 Å². The van der Waals surface area contributed by atoms with Crippen LogP contribution in [0.1, 0.15) is 12.5 Å². The summed E-state index contributed by atoms with van der Waals surface area (Å²) in [6, 6.07) is 5.25. The molecule has 1 aromatic rings.